The molecule has 0 aliphatic rings. The Balaban J connectivity index is 2.41. The Morgan fingerprint density at radius 1 is 0.778 bits per heavy atom. The van der Waals surface area contributed by atoms with Crippen molar-refractivity contribution >= 4 is 16.5 Å². The van der Waals surface area contributed by atoms with E-state index in [-0.39, 0.29) is 0 Å². The molecule has 3 aromatic rings. The average molecular weight is 233 g/mol. The molecule has 0 aliphatic carbocycles. The van der Waals surface area contributed by atoms with Gasteiger partial charge in [-0.2, -0.15) is 0 Å². The van der Waals surface area contributed by atoms with Crippen LogP contribution in [0.2, 0.25) is 0 Å². The molecule has 0 heterocycles. The van der Waals surface area contributed by atoms with Crippen molar-refractivity contribution < 1.29 is 0 Å². The third-order valence-corrected chi connectivity index (χ3v) is 3.37. The van der Waals surface area contributed by atoms with Gasteiger partial charge < -0.3 is 5.73 Å². The molecule has 0 spiro atoms. The molecular formula is C17H15N. The van der Waals surface area contributed by atoms with Crippen LogP contribution in [0, 0.1) is 6.92 Å². The topological polar surface area (TPSA) is 26.0 Å². The van der Waals surface area contributed by atoms with Gasteiger partial charge in [0.1, 0.15) is 0 Å². The van der Waals surface area contributed by atoms with Gasteiger partial charge in [-0.3, -0.25) is 0 Å². The van der Waals surface area contributed by atoms with E-state index in [0.717, 1.165) is 11.1 Å². The fourth-order valence-electron chi connectivity index (χ4n) is 2.47. The molecule has 18 heavy (non-hydrogen) atoms. The molecule has 0 aromatic heterocycles. The third-order valence-electron chi connectivity index (χ3n) is 3.37. The summed E-state index contributed by atoms with van der Waals surface area (Å²) >= 11 is 0. The van der Waals surface area contributed by atoms with Crippen LogP contribution in [0.15, 0.2) is 60.7 Å². The summed E-state index contributed by atoms with van der Waals surface area (Å²) in [7, 11) is 0. The van der Waals surface area contributed by atoms with Gasteiger partial charge in [-0.15, -0.1) is 0 Å². The van der Waals surface area contributed by atoms with Gasteiger partial charge in [0.05, 0.1) is 0 Å². The van der Waals surface area contributed by atoms with Crippen LogP contribution < -0.4 is 5.73 Å². The van der Waals surface area contributed by atoms with Crippen molar-refractivity contribution in [3.8, 4) is 11.1 Å². The first-order valence-corrected chi connectivity index (χ1v) is 6.10. The molecule has 3 aromatic carbocycles. The number of nitrogen functional groups attached to an aromatic ring is 1. The van der Waals surface area contributed by atoms with Crippen LogP contribution in [-0.4, -0.2) is 0 Å². The molecule has 0 fully saturated rings. The highest BCUT2D eigenvalue weighted by Gasteiger charge is 2.07. The second-order valence-corrected chi connectivity index (χ2v) is 4.57. The molecule has 0 unspecified atom stereocenters. The minimum Gasteiger partial charge on any atom is -0.398 e. The zero-order valence-electron chi connectivity index (χ0n) is 10.4. The number of anilines is 1. The Kier molecular flexibility index (Phi) is 2.52. The van der Waals surface area contributed by atoms with Crippen molar-refractivity contribution in [2.75, 3.05) is 5.73 Å². The molecule has 1 heteroatoms. The lowest BCUT2D eigenvalue weighted by Crippen LogP contribution is -1.91. The van der Waals surface area contributed by atoms with Crippen molar-refractivity contribution in [1.82, 2.24) is 0 Å². The fourth-order valence-corrected chi connectivity index (χ4v) is 2.47. The van der Waals surface area contributed by atoms with Crippen molar-refractivity contribution in [2.45, 2.75) is 6.92 Å². The number of fused-ring (bicyclic) bond motifs is 1. The molecule has 1 nitrogen and oxygen atoms in total. The van der Waals surface area contributed by atoms with Gasteiger partial charge in [0.2, 0.25) is 0 Å². The normalized spacial score (nSPS) is 10.7. The van der Waals surface area contributed by atoms with Crippen molar-refractivity contribution in [1.29, 1.82) is 0 Å². The first-order chi connectivity index (χ1) is 8.77. The minimum atomic E-state index is 0.841. The predicted molar refractivity (Wildman–Crippen MR) is 78.5 cm³/mol. The summed E-state index contributed by atoms with van der Waals surface area (Å²) in [6.45, 7) is 2.13. The van der Waals surface area contributed by atoms with Crippen LogP contribution in [-0.2, 0) is 0 Å². The van der Waals surface area contributed by atoms with E-state index in [1.165, 1.54) is 22.1 Å². The zero-order valence-corrected chi connectivity index (χ0v) is 10.4. The highest BCUT2D eigenvalue weighted by molar-refractivity contribution is 6.04. The molecule has 0 amide bonds. The van der Waals surface area contributed by atoms with Gasteiger partial charge in [0.15, 0.2) is 0 Å². The van der Waals surface area contributed by atoms with Gasteiger partial charge in [-0.05, 0) is 35.1 Å². The van der Waals surface area contributed by atoms with Crippen LogP contribution in [0.1, 0.15) is 5.56 Å². The van der Waals surface area contributed by atoms with Gasteiger partial charge in [0.25, 0.3) is 0 Å². The Morgan fingerprint density at radius 2 is 1.56 bits per heavy atom. The van der Waals surface area contributed by atoms with E-state index in [1.54, 1.807) is 0 Å². The number of rotatable bonds is 1. The van der Waals surface area contributed by atoms with Crippen LogP contribution >= 0.6 is 0 Å². The molecule has 88 valence electrons. The Labute approximate surface area is 107 Å². The molecule has 0 saturated carbocycles. The Morgan fingerprint density at radius 3 is 2.33 bits per heavy atom. The van der Waals surface area contributed by atoms with E-state index >= 15 is 0 Å². The smallest absolute Gasteiger partial charge is 0.0394 e. The van der Waals surface area contributed by atoms with Gasteiger partial charge in [-0.1, -0.05) is 54.6 Å². The van der Waals surface area contributed by atoms with E-state index < -0.39 is 0 Å². The highest BCUT2D eigenvalue weighted by atomic mass is 14.5. The maximum atomic E-state index is 6.07. The summed E-state index contributed by atoms with van der Waals surface area (Å²) in [4.78, 5) is 0. The number of hydrogen-bond acceptors (Lipinski definition) is 1. The van der Waals surface area contributed by atoms with E-state index in [9.17, 15) is 0 Å². The van der Waals surface area contributed by atoms with E-state index in [4.69, 9.17) is 5.73 Å². The van der Waals surface area contributed by atoms with Crippen molar-refractivity contribution in [2.24, 2.45) is 0 Å². The fraction of sp³-hybridized carbons (Fsp3) is 0.0588. The largest absolute Gasteiger partial charge is 0.398 e. The van der Waals surface area contributed by atoms with Crippen LogP contribution in [0.3, 0.4) is 0 Å². The van der Waals surface area contributed by atoms with E-state index in [1.807, 2.05) is 12.1 Å². The Bertz CT molecular complexity index is 699. The van der Waals surface area contributed by atoms with Crippen LogP contribution in [0.4, 0.5) is 5.69 Å². The molecule has 2 N–H and O–H groups in total. The summed E-state index contributed by atoms with van der Waals surface area (Å²) in [6, 6.07) is 20.8. The molecule has 0 atom stereocenters. The standard InChI is InChI=1S/C17H15N/c1-12-6-5-9-15-16(18)11-10-14(17(12)15)13-7-3-2-4-8-13/h2-11H,18H2,1H3. The summed E-state index contributed by atoms with van der Waals surface area (Å²) in [5.74, 6) is 0. The number of nitrogens with two attached hydrogens (primary N) is 1. The minimum absolute atomic E-state index is 0.841. The first-order valence-electron chi connectivity index (χ1n) is 6.10. The van der Waals surface area contributed by atoms with Gasteiger partial charge in [-0.25, -0.2) is 0 Å². The van der Waals surface area contributed by atoms with E-state index in [2.05, 4.69) is 55.5 Å². The number of benzene rings is 3. The zero-order chi connectivity index (χ0) is 12.5. The maximum absolute atomic E-state index is 6.07. The van der Waals surface area contributed by atoms with Crippen molar-refractivity contribution in [3.63, 3.8) is 0 Å². The molecule has 0 bridgehead atoms. The number of aryl methyl sites for hydroxylation is 1. The first kappa shape index (κ1) is 10.8. The summed E-state index contributed by atoms with van der Waals surface area (Å²) in [5, 5.41) is 2.39. The third kappa shape index (κ3) is 1.65. The molecule has 0 radical (unpaired) electrons. The summed E-state index contributed by atoms with van der Waals surface area (Å²) < 4.78 is 0. The summed E-state index contributed by atoms with van der Waals surface area (Å²) in [6.07, 6.45) is 0. The van der Waals surface area contributed by atoms with Gasteiger partial charge >= 0.3 is 0 Å². The van der Waals surface area contributed by atoms with Crippen LogP contribution in [0.25, 0.3) is 21.9 Å². The molecule has 3 rings (SSSR count). The Hall–Kier alpha value is -2.28. The molecule has 0 aliphatic heterocycles. The van der Waals surface area contributed by atoms with Crippen molar-refractivity contribution in [3.05, 3.63) is 66.2 Å². The quantitative estimate of drug-likeness (QED) is 0.619. The second kappa shape index (κ2) is 4.19. The second-order valence-electron chi connectivity index (χ2n) is 4.57. The lowest BCUT2D eigenvalue weighted by atomic mass is 9.94. The highest BCUT2D eigenvalue weighted by Crippen LogP contribution is 2.33. The molecular weight excluding hydrogens is 218 g/mol. The lowest BCUT2D eigenvalue weighted by Gasteiger charge is -2.11. The monoisotopic (exact) mass is 233 g/mol. The molecule has 0 saturated heterocycles. The predicted octanol–water partition coefficient (Wildman–Crippen LogP) is 4.40. The SMILES string of the molecule is Cc1cccc2c(N)ccc(-c3ccccc3)c12. The van der Waals surface area contributed by atoms with E-state index in [0.29, 0.717) is 0 Å². The average Bonchev–Trinajstić information content (AvgIpc) is 2.41. The lowest BCUT2D eigenvalue weighted by molar-refractivity contribution is 1.52. The van der Waals surface area contributed by atoms with Crippen LogP contribution in [0.5, 0.6) is 0 Å². The maximum Gasteiger partial charge on any atom is 0.0394 e. The van der Waals surface area contributed by atoms with Gasteiger partial charge in [0, 0.05) is 11.1 Å². The summed E-state index contributed by atoms with van der Waals surface area (Å²) in [5.41, 5.74) is 10.7. The number of hydrogen-bond donors (Lipinski definition) is 1.